The van der Waals surface area contributed by atoms with Crippen LogP contribution < -0.4 is 19.5 Å². The van der Waals surface area contributed by atoms with Crippen molar-refractivity contribution in [2.24, 2.45) is 5.92 Å². The van der Waals surface area contributed by atoms with E-state index < -0.39 is 0 Å². The lowest BCUT2D eigenvalue weighted by Gasteiger charge is -2.25. The lowest BCUT2D eigenvalue weighted by molar-refractivity contribution is 0.0888. The average molecular weight is 410 g/mol. The number of hydrogen-bond donors (Lipinski definition) is 1. The Balaban J connectivity index is 1.37. The predicted molar refractivity (Wildman–Crippen MR) is 112 cm³/mol. The van der Waals surface area contributed by atoms with Gasteiger partial charge in [-0.3, -0.25) is 10.1 Å². The molecule has 1 N–H and O–H groups in total. The second kappa shape index (κ2) is 8.53. The van der Waals surface area contributed by atoms with E-state index >= 15 is 0 Å². The number of amides is 1. The molecule has 0 bridgehead atoms. The zero-order valence-electron chi connectivity index (χ0n) is 16.3. The number of rotatable bonds is 6. The van der Waals surface area contributed by atoms with Gasteiger partial charge in [0, 0.05) is 10.9 Å². The lowest BCUT2D eigenvalue weighted by atomic mass is 10.2. The minimum atomic E-state index is -0.302. The summed E-state index contributed by atoms with van der Waals surface area (Å²) in [4.78, 5) is 17.0. The summed E-state index contributed by atoms with van der Waals surface area (Å²) in [6.07, 6.45) is -0.302. The summed E-state index contributed by atoms with van der Waals surface area (Å²) in [5.41, 5.74) is 1.28. The normalized spacial score (nSPS) is 15.2. The summed E-state index contributed by atoms with van der Waals surface area (Å²) in [6, 6.07) is 14.6. The van der Waals surface area contributed by atoms with E-state index in [0.717, 1.165) is 17.2 Å². The molecule has 0 radical (unpaired) electrons. The van der Waals surface area contributed by atoms with Crippen molar-refractivity contribution in [1.82, 2.24) is 4.98 Å². The van der Waals surface area contributed by atoms with Gasteiger partial charge < -0.3 is 14.2 Å². The van der Waals surface area contributed by atoms with Crippen LogP contribution >= 0.6 is 11.3 Å². The quantitative estimate of drug-likeness (QED) is 0.623. The molecule has 2 aromatic carbocycles. The molecule has 1 amide bonds. The number of nitrogens with one attached hydrogen (secondary N) is 1. The largest absolute Gasteiger partial charge is 0.493 e. The number of carbonyl (C=O) groups excluding carboxylic acids is 1. The van der Waals surface area contributed by atoms with Crippen molar-refractivity contribution in [2.45, 2.75) is 20.0 Å². The fourth-order valence-corrected chi connectivity index (χ4v) is 3.54. The minimum absolute atomic E-state index is 0.215. The standard InChI is InChI=1S/C22H22N2O4S/c1-14(2)11-26-16-9-7-15(8-10-16)21(25)24-22-23-17(13-29-22)20-12-27-18-5-3-4-6-19(18)28-20/h3-10,13-14,20H,11-12H2,1-2H3,(H,23,24,25)/t20-/m1/s1. The number of thiazole rings is 1. The first-order valence-electron chi connectivity index (χ1n) is 9.46. The van der Waals surface area contributed by atoms with Crippen LogP contribution in [0.15, 0.2) is 53.9 Å². The Hall–Kier alpha value is -3.06. The lowest BCUT2D eigenvalue weighted by Crippen LogP contribution is -2.22. The third-order valence-electron chi connectivity index (χ3n) is 4.28. The molecule has 4 rings (SSSR count). The molecule has 0 aliphatic carbocycles. The van der Waals surface area contributed by atoms with Gasteiger partial charge in [-0.2, -0.15) is 0 Å². The minimum Gasteiger partial charge on any atom is -0.493 e. The molecule has 0 spiro atoms. The van der Waals surface area contributed by atoms with E-state index in [0.29, 0.717) is 35.6 Å². The van der Waals surface area contributed by atoms with Crippen LogP contribution in [-0.4, -0.2) is 24.1 Å². The summed E-state index contributed by atoms with van der Waals surface area (Å²) < 4.78 is 17.4. The highest BCUT2D eigenvalue weighted by Crippen LogP contribution is 2.36. The maximum Gasteiger partial charge on any atom is 0.257 e. The number of anilines is 1. The molecule has 1 aliphatic rings. The Morgan fingerprint density at radius 3 is 2.72 bits per heavy atom. The Kier molecular flexibility index (Phi) is 5.67. The molecular weight excluding hydrogens is 388 g/mol. The Labute approximate surface area is 173 Å². The number of ether oxygens (including phenoxy) is 3. The van der Waals surface area contributed by atoms with Gasteiger partial charge in [0.15, 0.2) is 22.7 Å². The van der Waals surface area contributed by atoms with Gasteiger partial charge in [-0.1, -0.05) is 26.0 Å². The number of benzene rings is 2. The maximum absolute atomic E-state index is 12.5. The molecule has 1 aromatic heterocycles. The van der Waals surface area contributed by atoms with Gasteiger partial charge in [-0.05, 0) is 42.3 Å². The van der Waals surface area contributed by atoms with Crippen molar-refractivity contribution in [3.8, 4) is 17.2 Å². The van der Waals surface area contributed by atoms with E-state index in [9.17, 15) is 4.79 Å². The van der Waals surface area contributed by atoms with E-state index in [2.05, 4.69) is 24.1 Å². The molecule has 3 aromatic rings. The Morgan fingerprint density at radius 1 is 1.21 bits per heavy atom. The smallest absolute Gasteiger partial charge is 0.257 e. The number of hydrogen-bond acceptors (Lipinski definition) is 6. The van der Waals surface area contributed by atoms with Gasteiger partial charge >= 0.3 is 0 Å². The van der Waals surface area contributed by atoms with E-state index in [1.807, 2.05) is 29.6 Å². The van der Waals surface area contributed by atoms with Gasteiger partial charge in [0.25, 0.3) is 5.91 Å². The van der Waals surface area contributed by atoms with Gasteiger partial charge in [0.05, 0.1) is 12.3 Å². The van der Waals surface area contributed by atoms with Crippen molar-refractivity contribution in [3.63, 3.8) is 0 Å². The summed E-state index contributed by atoms with van der Waals surface area (Å²) >= 11 is 1.36. The van der Waals surface area contributed by atoms with Crippen LogP contribution in [0.2, 0.25) is 0 Å². The van der Waals surface area contributed by atoms with E-state index in [1.54, 1.807) is 24.3 Å². The molecule has 150 valence electrons. The second-order valence-corrected chi connectivity index (χ2v) is 7.98. The number of carbonyl (C=O) groups is 1. The molecule has 29 heavy (non-hydrogen) atoms. The van der Waals surface area contributed by atoms with Crippen LogP contribution in [0.4, 0.5) is 5.13 Å². The molecule has 6 nitrogen and oxygen atoms in total. The third-order valence-corrected chi connectivity index (χ3v) is 5.06. The first kappa shape index (κ1) is 19.3. The van der Waals surface area contributed by atoms with Crippen molar-refractivity contribution < 1.29 is 19.0 Å². The average Bonchev–Trinajstić information content (AvgIpc) is 3.20. The van der Waals surface area contributed by atoms with Crippen molar-refractivity contribution >= 4 is 22.4 Å². The molecule has 1 atom stereocenters. The SMILES string of the molecule is CC(C)COc1ccc(C(=O)Nc2nc([C@H]3COc4ccccc4O3)cs2)cc1. The summed E-state index contributed by atoms with van der Waals surface area (Å²) in [5.74, 6) is 2.41. The number of nitrogens with zero attached hydrogens (tertiary/aromatic N) is 1. The van der Waals surface area contributed by atoms with Crippen LogP contribution in [0.25, 0.3) is 0 Å². The Morgan fingerprint density at radius 2 is 1.97 bits per heavy atom. The summed E-state index contributed by atoms with van der Waals surface area (Å²) in [5, 5.41) is 5.23. The maximum atomic E-state index is 12.5. The first-order valence-corrected chi connectivity index (χ1v) is 10.3. The highest BCUT2D eigenvalue weighted by atomic mass is 32.1. The molecule has 7 heteroatoms. The molecule has 0 unspecified atom stereocenters. The van der Waals surface area contributed by atoms with Gasteiger partial charge in [0.2, 0.25) is 0 Å². The molecule has 1 aliphatic heterocycles. The highest BCUT2D eigenvalue weighted by molar-refractivity contribution is 7.14. The van der Waals surface area contributed by atoms with Gasteiger partial charge in [0.1, 0.15) is 12.4 Å². The van der Waals surface area contributed by atoms with E-state index in [1.165, 1.54) is 11.3 Å². The van der Waals surface area contributed by atoms with Crippen LogP contribution in [-0.2, 0) is 0 Å². The summed E-state index contributed by atoms with van der Waals surface area (Å²) in [7, 11) is 0. The number of fused-ring (bicyclic) bond motifs is 1. The monoisotopic (exact) mass is 410 g/mol. The zero-order valence-corrected chi connectivity index (χ0v) is 17.1. The molecule has 2 heterocycles. The number of para-hydroxylation sites is 2. The predicted octanol–water partition coefficient (Wildman–Crippen LogP) is 4.94. The van der Waals surface area contributed by atoms with Crippen LogP contribution in [0.3, 0.4) is 0 Å². The van der Waals surface area contributed by atoms with Crippen LogP contribution in [0.1, 0.15) is 36.0 Å². The van der Waals surface area contributed by atoms with Crippen LogP contribution in [0, 0.1) is 5.92 Å². The fraction of sp³-hybridized carbons (Fsp3) is 0.273. The third kappa shape index (κ3) is 4.68. The highest BCUT2D eigenvalue weighted by Gasteiger charge is 2.24. The summed E-state index contributed by atoms with van der Waals surface area (Å²) in [6.45, 7) is 5.21. The van der Waals surface area contributed by atoms with Crippen LogP contribution in [0.5, 0.6) is 17.2 Å². The topological polar surface area (TPSA) is 69.7 Å². The van der Waals surface area contributed by atoms with Gasteiger partial charge in [-0.25, -0.2) is 4.98 Å². The van der Waals surface area contributed by atoms with Crippen molar-refractivity contribution in [2.75, 3.05) is 18.5 Å². The Bertz CT molecular complexity index is 984. The molecule has 0 saturated carbocycles. The number of aromatic nitrogens is 1. The second-order valence-electron chi connectivity index (χ2n) is 7.13. The molecule has 0 saturated heterocycles. The first-order chi connectivity index (χ1) is 14.1. The van der Waals surface area contributed by atoms with Crippen molar-refractivity contribution in [3.05, 3.63) is 65.2 Å². The van der Waals surface area contributed by atoms with E-state index in [4.69, 9.17) is 14.2 Å². The van der Waals surface area contributed by atoms with E-state index in [-0.39, 0.29) is 12.0 Å². The van der Waals surface area contributed by atoms with Gasteiger partial charge in [-0.15, -0.1) is 11.3 Å². The zero-order chi connectivity index (χ0) is 20.2. The fourth-order valence-electron chi connectivity index (χ4n) is 2.79. The van der Waals surface area contributed by atoms with Crippen molar-refractivity contribution in [1.29, 1.82) is 0 Å². The molecular formula is C22H22N2O4S. The molecule has 0 fully saturated rings.